The normalized spacial score (nSPS) is 20.1. The minimum atomic E-state index is 0.159. The lowest BCUT2D eigenvalue weighted by atomic mass is 9.94. The smallest absolute Gasteiger partial charge is 0.125 e. The summed E-state index contributed by atoms with van der Waals surface area (Å²) in [6, 6.07) is 2.25. The largest absolute Gasteiger partial charge is 0.496 e. The van der Waals surface area contributed by atoms with Crippen molar-refractivity contribution >= 4 is 11.6 Å². The Morgan fingerprint density at radius 3 is 2.75 bits per heavy atom. The highest BCUT2D eigenvalue weighted by Gasteiger charge is 2.21. The molecule has 0 aliphatic heterocycles. The minimum Gasteiger partial charge on any atom is -0.496 e. The third-order valence-electron chi connectivity index (χ3n) is 3.51. The Morgan fingerprint density at radius 1 is 1.31 bits per heavy atom. The Kier molecular flexibility index (Phi) is 3.44. The molecule has 2 heteroatoms. The van der Waals surface area contributed by atoms with Crippen LogP contribution in [0.1, 0.15) is 46.9 Å². The van der Waals surface area contributed by atoms with E-state index in [4.69, 9.17) is 16.3 Å². The molecule has 0 aromatic heterocycles. The summed E-state index contributed by atoms with van der Waals surface area (Å²) >= 11 is 6.48. The maximum absolute atomic E-state index is 6.48. The average molecular weight is 239 g/mol. The van der Waals surface area contributed by atoms with Gasteiger partial charge < -0.3 is 4.74 Å². The van der Waals surface area contributed by atoms with Crippen LogP contribution in [0.5, 0.6) is 5.75 Å². The maximum Gasteiger partial charge on any atom is 0.125 e. The molecule has 1 aromatic carbocycles. The summed E-state index contributed by atoms with van der Waals surface area (Å²) in [7, 11) is 1.74. The van der Waals surface area contributed by atoms with Crippen LogP contribution in [0, 0.1) is 13.8 Å². The van der Waals surface area contributed by atoms with Crippen LogP contribution in [-0.2, 0) is 6.42 Å². The van der Waals surface area contributed by atoms with Gasteiger partial charge >= 0.3 is 0 Å². The molecule has 0 spiro atoms. The van der Waals surface area contributed by atoms with E-state index in [1.165, 1.54) is 35.1 Å². The van der Waals surface area contributed by atoms with Gasteiger partial charge in [-0.1, -0.05) is 12.5 Å². The molecule has 2 rings (SSSR count). The lowest BCUT2D eigenvalue weighted by Crippen LogP contribution is -2.02. The van der Waals surface area contributed by atoms with Crippen LogP contribution in [0.4, 0.5) is 0 Å². The molecule has 1 unspecified atom stereocenters. The van der Waals surface area contributed by atoms with Gasteiger partial charge in [0.1, 0.15) is 5.75 Å². The van der Waals surface area contributed by atoms with Crippen LogP contribution >= 0.6 is 11.6 Å². The van der Waals surface area contributed by atoms with Crippen LogP contribution < -0.4 is 4.74 Å². The Labute approximate surface area is 103 Å². The predicted octanol–water partition coefficient (Wildman–Crippen LogP) is 4.32. The summed E-state index contributed by atoms with van der Waals surface area (Å²) in [6.45, 7) is 4.24. The first-order valence-corrected chi connectivity index (χ1v) is 6.39. The van der Waals surface area contributed by atoms with Crippen molar-refractivity contribution < 1.29 is 4.74 Å². The Hall–Kier alpha value is -0.690. The molecule has 0 fully saturated rings. The number of rotatable bonds is 1. The third kappa shape index (κ3) is 1.93. The van der Waals surface area contributed by atoms with Crippen molar-refractivity contribution in [3.63, 3.8) is 0 Å². The SMILES string of the molecule is COc1c(C)cc2c(c1C)C(Cl)CCCC2. The fourth-order valence-electron chi connectivity index (χ4n) is 2.80. The van der Waals surface area contributed by atoms with Crippen molar-refractivity contribution in [2.45, 2.75) is 44.9 Å². The molecule has 88 valence electrons. The van der Waals surface area contributed by atoms with Crippen molar-refractivity contribution in [3.8, 4) is 5.75 Å². The average Bonchev–Trinajstić information content (AvgIpc) is 2.41. The number of alkyl halides is 1. The first-order valence-electron chi connectivity index (χ1n) is 5.96. The summed E-state index contributed by atoms with van der Waals surface area (Å²) in [5.74, 6) is 1.01. The molecular formula is C14H19ClO. The fraction of sp³-hybridized carbons (Fsp3) is 0.571. The highest BCUT2D eigenvalue weighted by molar-refractivity contribution is 6.21. The minimum absolute atomic E-state index is 0.159. The zero-order valence-corrected chi connectivity index (χ0v) is 11.0. The van der Waals surface area contributed by atoms with Crippen LogP contribution in [0.3, 0.4) is 0 Å². The number of methoxy groups -OCH3 is 1. The van der Waals surface area contributed by atoms with Crippen molar-refractivity contribution in [1.29, 1.82) is 0 Å². The van der Waals surface area contributed by atoms with Gasteiger partial charge in [0.2, 0.25) is 0 Å². The van der Waals surface area contributed by atoms with Gasteiger partial charge in [-0.25, -0.2) is 0 Å². The standard InChI is InChI=1S/C14H19ClO/c1-9-8-11-6-4-5-7-12(15)13(11)10(2)14(9)16-3/h8,12H,4-7H2,1-3H3. The summed E-state index contributed by atoms with van der Waals surface area (Å²) in [5.41, 5.74) is 5.21. The molecule has 0 bridgehead atoms. The number of ether oxygens (including phenoxy) is 1. The molecule has 1 aliphatic rings. The third-order valence-corrected chi connectivity index (χ3v) is 3.95. The fourth-order valence-corrected chi connectivity index (χ4v) is 3.26. The Balaban J connectivity index is 2.60. The van der Waals surface area contributed by atoms with E-state index in [9.17, 15) is 0 Å². The van der Waals surface area contributed by atoms with Gasteiger partial charge in [-0.05, 0) is 55.4 Å². The molecule has 16 heavy (non-hydrogen) atoms. The lowest BCUT2D eigenvalue weighted by molar-refractivity contribution is 0.407. The van der Waals surface area contributed by atoms with E-state index in [0.717, 1.165) is 18.6 Å². The van der Waals surface area contributed by atoms with E-state index < -0.39 is 0 Å². The van der Waals surface area contributed by atoms with Crippen LogP contribution in [0.25, 0.3) is 0 Å². The van der Waals surface area contributed by atoms with Gasteiger partial charge in [0.05, 0.1) is 12.5 Å². The molecule has 1 aliphatic carbocycles. The second-order valence-corrected chi connectivity index (χ2v) is 5.16. The summed E-state index contributed by atoms with van der Waals surface area (Å²) < 4.78 is 5.47. The van der Waals surface area contributed by atoms with E-state index in [-0.39, 0.29) is 5.38 Å². The monoisotopic (exact) mass is 238 g/mol. The van der Waals surface area contributed by atoms with E-state index in [1.807, 2.05) is 0 Å². The Bertz CT molecular complexity index is 398. The van der Waals surface area contributed by atoms with E-state index in [0.29, 0.717) is 0 Å². The summed E-state index contributed by atoms with van der Waals surface area (Å²) in [4.78, 5) is 0. The molecule has 0 heterocycles. The number of halogens is 1. The molecule has 0 saturated heterocycles. The molecule has 1 atom stereocenters. The van der Waals surface area contributed by atoms with Crippen LogP contribution in [-0.4, -0.2) is 7.11 Å². The quantitative estimate of drug-likeness (QED) is 0.523. The van der Waals surface area contributed by atoms with E-state index in [2.05, 4.69) is 19.9 Å². The van der Waals surface area contributed by atoms with Crippen molar-refractivity contribution in [2.24, 2.45) is 0 Å². The van der Waals surface area contributed by atoms with Crippen LogP contribution in [0.15, 0.2) is 6.07 Å². The highest BCUT2D eigenvalue weighted by Crippen LogP contribution is 2.40. The molecule has 0 saturated carbocycles. The summed E-state index contributed by atoms with van der Waals surface area (Å²) in [5, 5.41) is 0.159. The molecule has 0 radical (unpaired) electrons. The lowest BCUT2D eigenvalue weighted by Gasteiger charge is -2.19. The predicted molar refractivity (Wildman–Crippen MR) is 68.6 cm³/mol. The number of hydrogen-bond donors (Lipinski definition) is 0. The number of aryl methyl sites for hydroxylation is 2. The first kappa shape index (κ1) is 11.8. The van der Waals surface area contributed by atoms with Gasteiger partial charge in [-0.3, -0.25) is 0 Å². The van der Waals surface area contributed by atoms with Crippen molar-refractivity contribution in [1.82, 2.24) is 0 Å². The second-order valence-electron chi connectivity index (χ2n) is 4.64. The van der Waals surface area contributed by atoms with E-state index >= 15 is 0 Å². The van der Waals surface area contributed by atoms with Gasteiger partial charge in [0.25, 0.3) is 0 Å². The Morgan fingerprint density at radius 2 is 2.06 bits per heavy atom. The first-order chi connectivity index (χ1) is 7.65. The molecular weight excluding hydrogens is 220 g/mol. The van der Waals surface area contributed by atoms with Crippen molar-refractivity contribution in [3.05, 3.63) is 28.3 Å². The van der Waals surface area contributed by atoms with Gasteiger partial charge in [-0.15, -0.1) is 11.6 Å². The van der Waals surface area contributed by atoms with Gasteiger partial charge in [0, 0.05) is 0 Å². The van der Waals surface area contributed by atoms with Crippen LogP contribution in [0.2, 0.25) is 0 Å². The second kappa shape index (κ2) is 4.67. The topological polar surface area (TPSA) is 9.23 Å². The number of benzene rings is 1. The van der Waals surface area contributed by atoms with Gasteiger partial charge in [0.15, 0.2) is 0 Å². The maximum atomic E-state index is 6.48. The molecule has 0 N–H and O–H groups in total. The summed E-state index contributed by atoms with van der Waals surface area (Å²) in [6.07, 6.45) is 4.72. The number of fused-ring (bicyclic) bond motifs is 1. The molecule has 1 nitrogen and oxygen atoms in total. The molecule has 0 amide bonds. The zero-order valence-electron chi connectivity index (χ0n) is 10.3. The van der Waals surface area contributed by atoms with Crippen molar-refractivity contribution in [2.75, 3.05) is 7.11 Å². The zero-order chi connectivity index (χ0) is 11.7. The van der Waals surface area contributed by atoms with Gasteiger partial charge in [-0.2, -0.15) is 0 Å². The number of hydrogen-bond acceptors (Lipinski definition) is 1. The highest BCUT2D eigenvalue weighted by atomic mass is 35.5. The van der Waals surface area contributed by atoms with E-state index in [1.54, 1.807) is 7.11 Å². The molecule has 1 aromatic rings.